The van der Waals surface area contributed by atoms with Crippen molar-refractivity contribution in [2.75, 3.05) is 6.61 Å². The lowest BCUT2D eigenvalue weighted by Gasteiger charge is -2.29. The van der Waals surface area contributed by atoms with Gasteiger partial charge in [0, 0.05) is 30.8 Å². The number of ether oxygens (including phenoxy) is 1. The Balaban J connectivity index is 1.70. The Morgan fingerprint density at radius 2 is 2.56 bits per heavy atom. The van der Waals surface area contributed by atoms with Crippen LogP contribution in [0.4, 0.5) is 0 Å². The number of nitrogens with one attached hydrogen (secondary N) is 1. The molecule has 5 nitrogen and oxygen atoms in total. The second kappa shape index (κ2) is 5.36. The van der Waals surface area contributed by atoms with E-state index in [2.05, 4.69) is 21.0 Å². The lowest BCUT2D eigenvalue weighted by molar-refractivity contribution is -0.00760. The molecule has 18 heavy (non-hydrogen) atoms. The van der Waals surface area contributed by atoms with Gasteiger partial charge < -0.3 is 4.74 Å². The zero-order chi connectivity index (χ0) is 12.4. The minimum atomic E-state index is 0.148. The summed E-state index contributed by atoms with van der Waals surface area (Å²) in [4.78, 5) is 5.62. The number of hydrazine groups is 1. The van der Waals surface area contributed by atoms with Crippen molar-refractivity contribution in [2.45, 2.75) is 37.8 Å². The lowest BCUT2D eigenvalue weighted by Crippen LogP contribution is -2.47. The molecule has 0 saturated carbocycles. The van der Waals surface area contributed by atoms with Crippen molar-refractivity contribution >= 4 is 16.3 Å². The molecule has 1 fully saturated rings. The molecule has 3 heterocycles. The predicted octanol–water partition coefficient (Wildman–Crippen LogP) is 1.34. The zero-order valence-electron chi connectivity index (χ0n) is 10.2. The number of hydrogen-bond donors (Lipinski definition) is 2. The third-order valence-corrected chi connectivity index (χ3v) is 4.22. The van der Waals surface area contributed by atoms with Gasteiger partial charge in [0.05, 0.1) is 17.8 Å². The summed E-state index contributed by atoms with van der Waals surface area (Å²) in [5.41, 5.74) is 3.95. The van der Waals surface area contributed by atoms with Crippen LogP contribution in [0.1, 0.15) is 25.0 Å². The second-order valence-corrected chi connectivity index (χ2v) is 5.58. The molecular formula is C12H18N4OS. The topological polar surface area (TPSA) is 64.6 Å². The second-order valence-electron chi connectivity index (χ2n) is 4.71. The van der Waals surface area contributed by atoms with E-state index < -0.39 is 0 Å². The summed E-state index contributed by atoms with van der Waals surface area (Å²) in [5, 5.41) is 2.04. The van der Waals surface area contributed by atoms with Crippen LogP contribution in [0.3, 0.4) is 0 Å². The van der Waals surface area contributed by atoms with Gasteiger partial charge in [-0.2, -0.15) is 0 Å². The summed E-state index contributed by atoms with van der Waals surface area (Å²) in [5.74, 6) is 5.66. The largest absolute Gasteiger partial charge is 0.377 e. The van der Waals surface area contributed by atoms with E-state index in [0.717, 1.165) is 36.5 Å². The first-order valence-corrected chi connectivity index (χ1v) is 7.23. The van der Waals surface area contributed by atoms with Gasteiger partial charge in [0.1, 0.15) is 0 Å². The van der Waals surface area contributed by atoms with Crippen molar-refractivity contribution in [3.05, 3.63) is 23.5 Å². The Hall–Kier alpha value is -0.950. The first kappa shape index (κ1) is 12.1. The fourth-order valence-electron chi connectivity index (χ4n) is 2.48. The maximum absolute atomic E-state index is 5.78. The van der Waals surface area contributed by atoms with E-state index >= 15 is 0 Å². The summed E-state index contributed by atoms with van der Waals surface area (Å²) in [6.07, 6.45) is 8.59. The highest BCUT2D eigenvalue weighted by Gasteiger charge is 2.24. The molecule has 1 saturated heterocycles. The van der Waals surface area contributed by atoms with Gasteiger partial charge in [0.15, 0.2) is 4.96 Å². The number of hydrogen-bond acceptors (Lipinski definition) is 5. The highest BCUT2D eigenvalue weighted by Crippen LogP contribution is 2.19. The molecule has 3 rings (SSSR count). The summed E-state index contributed by atoms with van der Waals surface area (Å²) < 4.78 is 7.84. The van der Waals surface area contributed by atoms with Crippen LogP contribution in [0.2, 0.25) is 0 Å². The smallest absolute Gasteiger partial charge is 0.193 e. The van der Waals surface area contributed by atoms with Crippen LogP contribution in [0.25, 0.3) is 4.96 Å². The van der Waals surface area contributed by atoms with Crippen molar-refractivity contribution in [2.24, 2.45) is 5.84 Å². The van der Waals surface area contributed by atoms with Crippen LogP contribution in [0.5, 0.6) is 0 Å². The Morgan fingerprint density at radius 1 is 1.61 bits per heavy atom. The Kier molecular flexibility index (Phi) is 3.60. The van der Waals surface area contributed by atoms with Gasteiger partial charge in [-0.1, -0.05) is 0 Å². The predicted molar refractivity (Wildman–Crippen MR) is 71.5 cm³/mol. The highest BCUT2D eigenvalue weighted by atomic mass is 32.1. The maximum Gasteiger partial charge on any atom is 0.193 e. The highest BCUT2D eigenvalue weighted by molar-refractivity contribution is 7.15. The summed E-state index contributed by atoms with van der Waals surface area (Å²) in [7, 11) is 0. The van der Waals surface area contributed by atoms with Gasteiger partial charge in [-0.15, -0.1) is 11.3 Å². The molecule has 98 valence electrons. The van der Waals surface area contributed by atoms with Crippen LogP contribution in [-0.2, 0) is 11.2 Å². The molecule has 1 aliphatic rings. The average Bonchev–Trinajstić information content (AvgIpc) is 2.97. The molecule has 0 aliphatic carbocycles. The van der Waals surface area contributed by atoms with Crippen molar-refractivity contribution in [3.63, 3.8) is 0 Å². The third-order valence-electron chi connectivity index (χ3n) is 3.45. The first-order valence-electron chi connectivity index (χ1n) is 6.35. The average molecular weight is 266 g/mol. The number of nitrogens with two attached hydrogens (primary N) is 1. The van der Waals surface area contributed by atoms with E-state index in [1.165, 1.54) is 6.42 Å². The molecule has 2 aromatic rings. The van der Waals surface area contributed by atoms with Gasteiger partial charge in [-0.3, -0.25) is 15.7 Å². The van der Waals surface area contributed by atoms with Gasteiger partial charge in [-0.25, -0.2) is 4.98 Å². The number of imidazole rings is 1. The van der Waals surface area contributed by atoms with E-state index in [9.17, 15) is 0 Å². The standard InChI is InChI=1S/C12H18N4OS/c13-15-10(11-3-1-2-5-17-11)7-9-8-16-4-6-18-12(16)14-9/h4,6,8,10-11,15H,1-3,5,7,13H2. The fourth-order valence-corrected chi connectivity index (χ4v) is 3.20. The Labute approximate surface area is 110 Å². The van der Waals surface area contributed by atoms with E-state index in [1.807, 2.05) is 11.6 Å². The summed E-state index contributed by atoms with van der Waals surface area (Å²) in [6.45, 7) is 0.848. The molecule has 0 amide bonds. The minimum Gasteiger partial charge on any atom is -0.377 e. The number of fused-ring (bicyclic) bond motifs is 1. The van der Waals surface area contributed by atoms with E-state index in [-0.39, 0.29) is 12.1 Å². The summed E-state index contributed by atoms with van der Waals surface area (Å²) >= 11 is 1.65. The lowest BCUT2D eigenvalue weighted by atomic mass is 9.99. The molecule has 2 aromatic heterocycles. The quantitative estimate of drug-likeness (QED) is 0.647. The van der Waals surface area contributed by atoms with Crippen molar-refractivity contribution in [1.82, 2.24) is 14.8 Å². The van der Waals surface area contributed by atoms with Crippen LogP contribution in [0, 0.1) is 0 Å². The van der Waals surface area contributed by atoms with Crippen LogP contribution in [0.15, 0.2) is 17.8 Å². The normalized spacial score (nSPS) is 22.4. The Bertz CT molecular complexity index is 474. The van der Waals surface area contributed by atoms with Crippen LogP contribution in [-0.4, -0.2) is 28.1 Å². The van der Waals surface area contributed by atoms with E-state index in [0.29, 0.717) is 0 Å². The molecule has 0 bridgehead atoms. The van der Waals surface area contributed by atoms with Gasteiger partial charge in [-0.05, 0) is 19.3 Å². The van der Waals surface area contributed by atoms with E-state index in [4.69, 9.17) is 10.6 Å². The molecule has 3 N–H and O–H groups in total. The molecule has 2 atom stereocenters. The van der Waals surface area contributed by atoms with Gasteiger partial charge >= 0.3 is 0 Å². The maximum atomic E-state index is 5.78. The van der Waals surface area contributed by atoms with Crippen LogP contribution < -0.4 is 11.3 Å². The molecule has 0 aromatic carbocycles. The third kappa shape index (κ3) is 2.42. The number of thiazole rings is 1. The SMILES string of the molecule is NNC(Cc1cn2ccsc2n1)C1CCCCO1. The van der Waals surface area contributed by atoms with Crippen molar-refractivity contribution < 1.29 is 4.74 Å². The van der Waals surface area contributed by atoms with E-state index in [1.54, 1.807) is 11.3 Å². The first-order chi connectivity index (χ1) is 8.86. The summed E-state index contributed by atoms with van der Waals surface area (Å²) in [6, 6.07) is 0.148. The Morgan fingerprint density at radius 3 is 3.28 bits per heavy atom. The van der Waals surface area contributed by atoms with Gasteiger partial charge in [0.25, 0.3) is 0 Å². The number of nitrogens with zero attached hydrogens (tertiary/aromatic N) is 2. The monoisotopic (exact) mass is 266 g/mol. The van der Waals surface area contributed by atoms with Gasteiger partial charge in [0.2, 0.25) is 0 Å². The van der Waals surface area contributed by atoms with Crippen LogP contribution >= 0.6 is 11.3 Å². The zero-order valence-corrected chi connectivity index (χ0v) is 11.0. The molecule has 1 aliphatic heterocycles. The fraction of sp³-hybridized carbons (Fsp3) is 0.583. The van der Waals surface area contributed by atoms with Crippen molar-refractivity contribution in [1.29, 1.82) is 0 Å². The van der Waals surface area contributed by atoms with Crippen molar-refractivity contribution in [3.8, 4) is 0 Å². The molecule has 0 radical (unpaired) electrons. The number of rotatable bonds is 4. The minimum absolute atomic E-state index is 0.148. The number of aromatic nitrogens is 2. The molecule has 2 unspecified atom stereocenters. The molecule has 6 heteroatoms. The molecular weight excluding hydrogens is 248 g/mol. The molecule has 0 spiro atoms.